The maximum atomic E-state index is 12.3. The van der Waals surface area contributed by atoms with Gasteiger partial charge in [-0.3, -0.25) is 9.48 Å². The second-order valence-corrected chi connectivity index (χ2v) is 5.21. The van der Waals surface area contributed by atoms with Crippen LogP contribution in [0.1, 0.15) is 29.2 Å². The first-order chi connectivity index (χ1) is 8.51. The fraction of sp³-hybridized carbons (Fsp3) is 0.500. The SMILES string of the molecule is CCN(CC)C(=O)c1sc2c(c(C)nn2C)c1N. The van der Waals surface area contributed by atoms with Gasteiger partial charge in [-0.15, -0.1) is 11.3 Å². The zero-order valence-electron chi connectivity index (χ0n) is 11.1. The predicted molar refractivity (Wildman–Crippen MR) is 75.0 cm³/mol. The van der Waals surface area contributed by atoms with Crippen molar-refractivity contribution in [3.8, 4) is 0 Å². The van der Waals surface area contributed by atoms with Crippen molar-refractivity contribution in [3.63, 3.8) is 0 Å². The Labute approximate surface area is 110 Å². The van der Waals surface area contributed by atoms with E-state index >= 15 is 0 Å². The number of hydrogen-bond acceptors (Lipinski definition) is 4. The summed E-state index contributed by atoms with van der Waals surface area (Å²) in [5.41, 5.74) is 7.55. The molecule has 0 saturated heterocycles. The molecule has 6 heteroatoms. The molecule has 2 aromatic heterocycles. The maximum Gasteiger partial charge on any atom is 0.266 e. The van der Waals surface area contributed by atoms with Crippen molar-refractivity contribution < 1.29 is 4.79 Å². The van der Waals surface area contributed by atoms with Gasteiger partial charge in [0.1, 0.15) is 9.71 Å². The van der Waals surface area contributed by atoms with Crippen LogP contribution in [-0.4, -0.2) is 33.7 Å². The number of thiophene rings is 1. The van der Waals surface area contributed by atoms with Crippen LogP contribution in [0.15, 0.2) is 0 Å². The summed E-state index contributed by atoms with van der Waals surface area (Å²) in [4.78, 5) is 15.7. The normalized spacial score (nSPS) is 11.1. The van der Waals surface area contributed by atoms with Gasteiger partial charge in [0, 0.05) is 20.1 Å². The quantitative estimate of drug-likeness (QED) is 0.924. The van der Waals surface area contributed by atoms with Crippen LogP contribution >= 0.6 is 11.3 Å². The number of aromatic nitrogens is 2. The van der Waals surface area contributed by atoms with E-state index in [0.717, 1.165) is 15.9 Å². The molecule has 0 aromatic carbocycles. The van der Waals surface area contributed by atoms with Crippen LogP contribution in [0, 0.1) is 6.92 Å². The van der Waals surface area contributed by atoms with Gasteiger partial charge in [-0.25, -0.2) is 0 Å². The molecule has 0 bridgehead atoms. The van der Waals surface area contributed by atoms with Crippen LogP contribution in [0.3, 0.4) is 0 Å². The Bertz CT molecular complexity index is 595. The number of carbonyl (C=O) groups excluding carboxylic acids is 1. The van der Waals surface area contributed by atoms with Crippen LogP contribution in [0.2, 0.25) is 0 Å². The van der Waals surface area contributed by atoms with Gasteiger partial charge in [0.25, 0.3) is 5.91 Å². The Morgan fingerprint density at radius 3 is 2.56 bits per heavy atom. The van der Waals surface area contributed by atoms with E-state index < -0.39 is 0 Å². The van der Waals surface area contributed by atoms with E-state index in [0.29, 0.717) is 23.7 Å². The Morgan fingerprint density at radius 2 is 2.06 bits per heavy atom. The van der Waals surface area contributed by atoms with Crippen molar-refractivity contribution in [3.05, 3.63) is 10.6 Å². The van der Waals surface area contributed by atoms with Crippen LogP contribution in [0.4, 0.5) is 5.69 Å². The van der Waals surface area contributed by atoms with E-state index in [1.165, 1.54) is 11.3 Å². The van der Waals surface area contributed by atoms with Crippen LogP contribution < -0.4 is 5.73 Å². The van der Waals surface area contributed by atoms with E-state index in [-0.39, 0.29) is 5.91 Å². The fourth-order valence-corrected chi connectivity index (χ4v) is 3.30. The van der Waals surface area contributed by atoms with E-state index in [9.17, 15) is 4.79 Å². The first-order valence-corrected chi connectivity index (χ1v) is 6.83. The van der Waals surface area contributed by atoms with Gasteiger partial charge >= 0.3 is 0 Å². The lowest BCUT2D eigenvalue weighted by molar-refractivity contribution is 0.0779. The highest BCUT2D eigenvalue weighted by Gasteiger charge is 2.23. The molecular formula is C12H18N4OS. The molecule has 18 heavy (non-hydrogen) atoms. The van der Waals surface area contributed by atoms with E-state index in [1.54, 1.807) is 9.58 Å². The summed E-state index contributed by atoms with van der Waals surface area (Å²) in [6.45, 7) is 7.24. The third-order valence-electron chi connectivity index (χ3n) is 3.13. The summed E-state index contributed by atoms with van der Waals surface area (Å²) < 4.78 is 1.78. The molecule has 2 N–H and O–H groups in total. The first kappa shape index (κ1) is 12.9. The lowest BCUT2D eigenvalue weighted by Crippen LogP contribution is -2.30. The number of fused-ring (bicyclic) bond motifs is 1. The van der Waals surface area contributed by atoms with Crippen molar-refractivity contribution in [2.24, 2.45) is 7.05 Å². The van der Waals surface area contributed by atoms with Crippen LogP contribution in [0.25, 0.3) is 10.2 Å². The predicted octanol–water partition coefficient (Wildman–Crippen LogP) is 2.01. The number of nitrogens with two attached hydrogens (primary N) is 1. The number of nitrogens with zero attached hydrogens (tertiary/aromatic N) is 3. The van der Waals surface area contributed by atoms with Crippen molar-refractivity contribution >= 4 is 33.1 Å². The molecule has 98 valence electrons. The summed E-state index contributed by atoms with van der Waals surface area (Å²) >= 11 is 1.42. The smallest absolute Gasteiger partial charge is 0.266 e. The maximum absolute atomic E-state index is 12.3. The second kappa shape index (κ2) is 4.61. The number of carbonyl (C=O) groups is 1. The molecule has 0 unspecified atom stereocenters. The largest absolute Gasteiger partial charge is 0.397 e. The average Bonchev–Trinajstić information content (AvgIpc) is 2.81. The summed E-state index contributed by atoms with van der Waals surface area (Å²) in [5, 5.41) is 5.23. The van der Waals surface area contributed by atoms with Crippen LogP contribution in [-0.2, 0) is 7.05 Å². The molecule has 0 fully saturated rings. The highest BCUT2D eigenvalue weighted by Crippen LogP contribution is 2.36. The average molecular weight is 266 g/mol. The first-order valence-electron chi connectivity index (χ1n) is 6.02. The number of rotatable bonds is 3. The van der Waals surface area contributed by atoms with Gasteiger partial charge in [-0.05, 0) is 20.8 Å². The van der Waals surface area contributed by atoms with Gasteiger partial charge in [0.15, 0.2) is 0 Å². The molecule has 0 spiro atoms. The molecular weight excluding hydrogens is 248 g/mol. The van der Waals surface area contributed by atoms with Crippen LogP contribution in [0.5, 0.6) is 0 Å². The second-order valence-electron chi connectivity index (χ2n) is 4.21. The number of hydrogen-bond donors (Lipinski definition) is 1. The topological polar surface area (TPSA) is 64.2 Å². The minimum atomic E-state index is 0.0121. The number of aryl methyl sites for hydroxylation is 2. The van der Waals surface area contributed by atoms with Crippen molar-refractivity contribution in [1.82, 2.24) is 14.7 Å². The van der Waals surface area contributed by atoms with Gasteiger partial charge in [-0.1, -0.05) is 0 Å². The molecule has 2 rings (SSSR count). The molecule has 0 atom stereocenters. The van der Waals surface area contributed by atoms with E-state index in [4.69, 9.17) is 5.73 Å². The lowest BCUT2D eigenvalue weighted by atomic mass is 10.2. The third kappa shape index (κ3) is 1.77. The van der Waals surface area contributed by atoms with Crippen molar-refractivity contribution in [1.29, 1.82) is 0 Å². The number of nitrogen functional groups attached to an aromatic ring is 1. The van der Waals surface area contributed by atoms with Gasteiger partial charge < -0.3 is 10.6 Å². The number of anilines is 1. The molecule has 0 aliphatic rings. The Hall–Kier alpha value is -1.56. The highest BCUT2D eigenvalue weighted by molar-refractivity contribution is 7.21. The van der Waals surface area contributed by atoms with E-state index in [2.05, 4.69) is 5.10 Å². The zero-order valence-corrected chi connectivity index (χ0v) is 12.0. The van der Waals surface area contributed by atoms with Crippen molar-refractivity contribution in [2.45, 2.75) is 20.8 Å². The molecule has 0 aliphatic carbocycles. The molecule has 0 aliphatic heterocycles. The Kier molecular flexibility index (Phi) is 3.30. The Morgan fingerprint density at radius 1 is 1.44 bits per heavy atom. The van der Waals surface area contributed by atoms with Gasteiger partial charge in [0.05, 0.1) is 16.8 Å². The molecule has 5 nitrogen and oxygen atoms in total. The lowest BCUT2D eigenvalue weighted by Gasteiger charge is -2.17. The Balaban J connectivity index is 2.56. The summed E-state index contributed by atoms with van der Waals surface area (Å²) in [6.07, 6.45) is 0. The minimum Gasteiger partial charge on any atom is -0.397 e. The third-order valence-corrected chi connectivity index (χ3v) is 4.39. The molecule has 0 saturated carbocycles. The van der Waals surface area contributed by atoms with Gasteiger partial charge in [0.2, 0.25) is 0 Å². The minimum absolute atomic E-state index is 0.0121. The summed E-state index contributed by atoms with van der Waals surface area (Å²) in [5.74, 6) is 0.0121. The van der Waals surface area contributed by atoms with Crippen molar-refractivity contribution in [2.75, 3.05) is 18.8 Å². The molecule has 1 amide bonds. The monoisotopic (exact) mass is 266 g/mol. The fourth-order valence-electron chi connectivity index (χ4n) is 2.14. The van der Waals surface area contributed by atoms with Gasteiger partial charge in [-0.2, -0.15) is 5.10 Å². The molecule has 2 aromatic rings. The highest BCUT2D eigenvalue weighted by atomic mass is 32.1. The number of amides is 1. The molecule has 2 heterocycles. The zero-order chi connectivity index (χ0) is 13.4. The van der Waals surface area contributed by atoms with E-state index in [1.807, 2.05) is 27.8 Å². The standard InChI is InChI=1S/C12H18N4OS/c1-5-16(6-2)11(17)10-9(13)8-7(3)14-15(4)12(8)18-10/h5-6,13H2,1-4H3. The summed E-state index contributed by atoms with van der Waals surface area (Å²) in [6, 6.07) is 0. The molecule has 0 radical (unpaired) electrons. The summed E-state index contributed by atoms with van der Waals surface area (Å²) in [7, 11) is 1.87.